The van der Waals surface area contributed by atoms with E-state index >= 15 is 0 Å². The van der Waals surface area contributed by atoms with Gasteiger partial charge in [0.25, 0.3) is 0 Å². The minimum atomic E-state index is 0.0929. The van der Waals surface area contributed by atoms with Gasteiger partial charge in [-0.1, -0.05) is 18.2 Å². The normalized spacial score (nSPS) is 11.1. The Bertz CT molecular complexity index is 466. The second kappa shape index (κ2) is 4.35. The Morgan fingerprint density at radius 2 is 2.21 bits per heavy atom. The maximum absolute atomic E-state index is 9.18. The van der Waals surface area contributed by atoms with Gasteiger partial charge in [0.15, 0.2) is 0 Å². The van der Waals surface area contributed by atoms with E-state index in [4.69, 9.17) is 11.6 Å². The topological polar surface area (TPSA) is 20.2 Å². The van der Waals surface area contributed by atoms with Crippen LogP contribution in [0.15, 0.2) is 18.2 Å². The molecule has 2 aromatic rings. The molecule has 0 amide bonds. The van der Waals surface area contributed by atoms with E-state index in [9.17, 15) is 5.11 Å². The van der Waals surface area contributed by atoms with Crippen molar-refractivity contribution >= 4 is 55.6 Å². The molecule has 74 valence electrons. The second-order valence-electron chi connectivity index (χ2n) is 2.94. The molecule has 0 saturated carbocycles. The molecular weight excluding hydrogens is 331 g/mol. The third-order valence-corrected chi connectivity index (χ3v) is 4.85. The average Bonchev–Trinajstić information content (AvgIpc) is 2.52. The zero-order valence-electron chi connectivity index (χ0n) is 7.26. The quantitative estimate of drug-likeness (QED) is 0.653. The van der Waals surface area contributed by atoms with Crippen LogP contribution >= 0.6 is 45.5 Å². The molecule has 0 aliphatic heterocycles. The minimum absolute atomic E-state index is 0.0929. The molecule has 0 saturated heterocycles. The van der Waals surface area contributed by atoms with Crippen LogP contribution in [-0.2, 0) is 12.5 Å². The van der Waals surface area contributed by atoms with E-state index in [1.807, 2.05) is 12.1 Å². The molecule has 0 aliphatic carbocycles. The fraction of sp³-hybridized carbons (Fsp3) is 0.200. The zero-order valence-corrected chi connectivity index (χ0v) is 11.0. The number of aliphatic hydroxyl groups excluding tert-OH is 1. The van der Waals surface area contributed by atoms with Crippen LogP contribution in [-0.4, -0.2) is 5.11 Å². The van der Waals surface area contributed by atoms with Crippen LogP contribution < -0.4 is 0 Å². The number of alkyl halides is 1. The first kappa shape index (κ1) is 10.7. The highest BCUT2D eigenvalue weighted by Crippen LogP contribution is 2.35. The molecule has 14 heavy (non-hydrogen) atoms. The Kier molecular flexibility index (Phi) is 3.31. The molecule has 0 bridgehead atoms. The molecule has 0 radical (unpaired) electrons. The van der Waals surface area contributed by atoms with Gasteiger partial charge in [0.05, 0.1) is 9.49 Å². The summed E-state index contributed by atoms with van der Waals surface area (Å²) < 4.78 is 2.38. The van der Waals surface area contributed by atoms with Gasteiger partial charge in [-0.3, -0.25) is 0 Å². The fourth-order valence-corrected chi connectivity index (χ4v) is 4.22. The van der Waals surface area contributed by atoms with E-state index in [0.29, 0.717) is 5.88 Å². The van der Waals surface area contributed by atoms with Crippen molar-refractivity contribution in [1.82, 2.24) is 0 Å². The predicted molar refractivity (Wildman–Crippen MR) is 70.0 cm³/mol. The van der Waals surface area contributed by atoms with Crippen molar-refractivity contribution in [3.8, 4) is 0 Å². The molecule has 4 heteroatoms. The summed E-state index contributed by atoms with van der Waals surface area (Å²) in [5.41, 5.74) is 2.17. The molecule has 0 unspecified atom stereocenters. The number of benzene rings is 1. The van der Waals surface area contributed by atoms with Gasteiger partial charge in [-0.25, -0.2) is 0 Å². The van der Waals surface area contributed by atoms with Crippen LogP contribution in [0.1, 0.15) is 11.1 Å². The van der Waals surface area contributed by atoms with Crippen molar-refractivity contribution < 1.29 is 5.11 Å². The van der Waals surface area contributed by atoms with Crippen LogP contribution in [0.2, 0.25) is 0 Å². The van der Waals surface area contributed by atoms with Gasteiger partial charge in [0.2, 0.25) is 0 Å². The van der Waals surface area contributed by atoms with Crippen molar-refractivity contribution in [1.29, 1.82) is 0 Å². The summed E-state index contributed by atoms with van der Waals surface area (Å²) in [5.74, 6) is 0.535. The zero-order chi connectivity index (χ0) is 10.1. The van der Waals surface area contributed by atoms with Gasteiger partial charge in [-0.2, -0.15) is 0 Å². The first-order chi connectivity index (χ1) is 6.77. The lowest BCUT2D eigenvalue weighted by atomic mass is 10.1. The molecular formula is C10H8ClIOS. The van der Waals surface area contributed by atoms with Crippen LogP contribution in [0.4, 0.5) is 0 Å². The van der Waals surface area contributed by atoms with E-state index in [2.05, 4.69) is 28.7 Å². The van der Waals surface area contributed by atoms with Crippen LogP contribution in [0.3, 0.4) is 0 Å². The standard InChI is InChI=1S/C10H8ClIOS/c11-4-8-7-3-1-2-6(5-13)9(7)14-10(8)12/h1-3,13H,4-5H2. The summed E-state index contributed by atoms with van der Waals surface area (Å²) >= 11 is 9.88. The smallest absolute Gasteiger partial charge is 0.0710 e. The Morgan fingerprint density at radius 1 is 1.43 bits per heavy atom. The van der Waals surface area contributed by atoms with Crippen molar-refractivity contribution in [2.24, 2.45) is 0 Å². The Labute approximate surface area is 105 Å². The summed E-state index contributed by atoms with van der Waals surface area (Å²) in [6.45, 7) is 0.0929. The molecule has 1 aromatic heterocycles. The number of aliphatic hydroxyl groups is 1. The summed E-state index contributed by atoms with van der Waals surface area (Å²) in [7, 11) is 0. The van der Waals surface area contributed by atoms with E-state index < -0.39 is 0 Å². The molecule has 1 aromatic carbocycles. The van der Waals surface area contributed by atoms with Crippen molar-refractivity contribution in [2.75, 3.05) is 0 Å². The van der Waals surface area contributed by atoms with Gasteiger partial charge in [-0.15, -0.1) is 22.9 Å². The maximum atomic E-state index is 9.18. The van der Waals surface area contributed by atoms with Crippen molar-refractivity contribution in [3.05, 3.63) is 32.2 Å². The van der Waals surface area contributed by atoms with Gasteiger partial charge >= 0.3 is 0 Å². The Balaban J connectivity index is 2.79. The molecule has 2 rings (SSSR count). The van der Waals surface area contributed by atoms with Gasteiger partial charge < -0.3 is 5.11 Å². The first-order valence-electron chi connectivity index (χ1n) is 4.13. The van der Waals surface area contributed by atoms with Gasteiger partial charge in [0.1, 0.15) is 0 Å². The Hall–Kier alpha value is 0.160. The maximum Gasteiger partial charge on any atom is 0.0710 e. The number of hydrogen-bond acceptors (Lipinski definition) is 2. The fourth-order valence-electron chi connectivity index (χ4n) is 1.45. The lowest BCUT2D eigenvalue weighted by molar-refractivity contribution is 0.283. The second-order valence-corrected chi connectivity index (χ2v) is 6.04. The van der Waals surface area contributed by atoms with E-state index in [-0.39, 0.29) is 6.61 Å². The van der Waals surface area contributed by atoms with E-state index in [1.54, 1.807) is 11.3 Å². The number of fused-ring (bicyclic) bond motifs is 1. The largest absolute Gasteiger partial charge is 0.392 e. The average molecular weight is 339 g/mol. The van der Waals surface area contributed by atoms with E-state index in [1.165, 1.54) is 13.8 Å². The van der Waals surface area contributed by atoms with E-state index in [0.717, 1.165) is 10.3 Å². The van der Waals surface area contributed by atoms with Crippen molar-refractivity contribution in [2.45, 2.75) is 12.5 Å². The summed E-state index contributed by atoms with van der Waals surface area (Å²) in [6, 6.07) is 5.98. The molecule has 1 N–H and O–H groups in total. The van der Waals surface area contributed by atoms with Gasteiger partial charge in [0, 0.05) is 10.6 Å². The number of thiophene rings is 1. The minimum Gasteiger partial charge on any atom is -0.392 e. The lowest BCUT2D eigenvalue weighted by Crippen LogP contribution is -1.82. The molecule has 1 nitrogen and oxygen atoms in total. The number of rotatable bonds is 2. The lowest BCUT2D eigenvalue weighted by Gasteiger charge is -1.98. The first-order valence-corrected chi connectivity index (χ1v) is 6.56. The molecule has 0 aliphatic rings. The summed E-state index contributed by atoms with van der Waals surface area (Å²) in [4.78, 5) is 0. The molecule has 0 atom stereocenters. The number of halogens is 2. The Morgan fingerprint density at radius 3 is 2.86 bits per heavy atom. The highest BCUT2D eigenvalue weighted by molar-refractivity contribution is 14.1. The summed E-state index contributed by atoms with van der Waals surface area (Å²) in [5, 5.41) is 10.4. The van der Waals surface area contributed by atoms with Crippen molar-refractivity contribution in [3.63, 3.8) is 0 Å². The third kappa shape index (κ3) is 1.66. The third-order valence-electron chi connectivity index (χ3n) is 2.15. The molecule has 0 spiro atoms. The SMILES string of the molecule is OCc1cccc2c(CCl)c(I)sc12. The molecule has 1 heterocycles. The highest BCUT2D eigenvalue weighted by atomic mass is 127. The van der Waals surface area contributed by atoms with Crippen LogP contribution in [0, 0.1) is 2.88 Å². The monoisotopic (exact) mass is 338 g/mol. The predicted octanol–water partition coefficient (Wildman–Crippen LogP) is 3.74. The highest BCUT2D eigenvalue weighted by Gasteiger charge is 2.11. The number of hydrogen-bond donors (Lipinski definition) is 1. The summed E-state index contributed by atoms with van der Waals surface area (Å²) in [6.07, 6.45) is 0. The van der Waals surface area contributed by atoms with Crippen LogP contribution in [0.5, 0.6) is 0 Å². The molecule has 0 fully saturated rings. The van der Waals surface area contributed by atoms with Crippen LogP contribution in [0.25, 0.3) is 10.1 Å². The van der Waals surface area contributed by atoms with Gasteiger partial charge in [-0.05, 0) is 39.1 Å².